The monoisotopic (exact) mass is 319 g/mol. The van der Waals surface area contributed by atoms with Crippen LogP contribution in [0.4, 0.5) is 0 Å². The van der Waals surface area contributed by atoms with Gasteiger partial charge < -0.3 is 9.74 Å². The molecular weight excluding hydrogens is 286 g/mol. The van der Waals surface area contributed by atoms with Crippen LogP contribution in [0.5, 0.6) is 0 Å². The van der Waals surface area contributed by atoms with E-state index < -0.39 is 8.32 Å². The van der Waals surface area contributed by atoms with Crippen molar-refractivity contribution >= 4 is 8.32 Å². The minimum absolute atomic E-state index is 0.315. The molecule has 0 spiro atoms. The van der Waals surface area contributed by atoms with Gasteiger partial charge in [0.05, 0.1) is 0 Å². The maximum atomic E-state index is 6.57. The van der Waals surface area contributed by atoms with Crippen molar-refractivity contribution in [1.82, 2.24) is 5.32 Å². The van der Waals surface area contributed by atoms with Gasteiger partial charge in [0.15, 0.2) is 8.32 Å². The second kappa shape index (κ2) is 7.29. The summed E-state index contributed by atoms with van der Waals surface area (Å²) in [5.74, 6) is 0. The van der Waals surface area contributed by atoms with Crippen molar-refractivity contribution in [2.24, 2.45) is 0 Å². The van der Waals surface area contributed by atoms with Gasteiger partial charge in [-0.25, -0.2) is 0 Å². The van der Waals surface area contributed by atoms with Crippen molar-refractivity contribution in [2.75, 3.05) is 0 Å². The molecule has 2 rings (SSSR count). The molecule has 0 saturated heterocycles. The molecular formula is C19H33NOSi. The maximum absolute atomic E-state index is 6.57. The fourth-order valence-electron chi connectivity index (χ4n) is 2.84. The Labute approximate surface area is 137 Å². The summed E-state index contributed by atoms with van der Waals surface area (Å²) in [7, 11) is -1.61. The lowest BCUT2D eigenvalue weighted by Gasteiger charge is -2.41. The van der Waals surface area contributed by atoms with Gasteiger partial charge in [-0.05, 0) is 49.4 Å². The van der Waals surface area contributed by atoms with Crippen LogP contribution in [0.2, 0.25) is 18.1 Å². The van der Waals surface area contributed by atoms with Gasteiger partial charge in [-0.2, -0.15) is 0 Å². The lowest BCUT2D eigenvalue weighted by molar-refractivity contribution is 0.124. The van der Waals surface area contributed by atoms with E-state index in [2.05, 4.69) is 69.5 Å². The highest BCUT2D eigenvalue weighted by Gasteiger charge is 2.39. The molecule has 0 amide bonds. The summed E-state index contributed by atoms with van der Waals surface area (Å²) >= 11 is 0. The minimum Gasteiger partial charge on any atom is -0.414 e. The van der Waals surface area contributed by atoms with E-state index in [4.69, 9.17) is 4.43 Å². The van der Waals surface area contributed by atoms with Crippen molar-refractivity contribution in [1.29, 1.82) is 0 Å². The van der Waals surface area contributed by atoms with Crippen molar-refractivity contribution < 1.29 is 4.43 Å². The van der Waals surface area contributed by atoms with Crippen LogP contribution in [0.3, 0.4) is 0 Å². The molecule has 1 aliphatic rings. The average Bonchev–Trinajstić information content (AvgIpc) is 2.46. The molecule has 1 aliphatic carbocycles. The summed E-state index contributed by atoms with van der Waals surface area (Å²) in [5.41, 5.74) is 1.38. The molecule has 0 bridgehead atoms. The second-order valence-electron chi connectivity index (χ2n) is 8.22. The first-order valence-corrected chi connectivity index (χ1v) is 11.6. The average molecular weight is 320 g/mol. The normalized spacial score (nSPS) is 23.5. The quantitative estimate of drug-likeness (QED) is 0.762. The number of nitrogens with one attached hydrogen (secondary N) is 1. The van der Waals surface area contributed by atoms with Gasteiger partial charge in [0, 0.05) is 18.7 Å². The summed E-state index contributed by atoms with van der Waals surface area (Å²) in [6.45, 7) is 12.7. The van der Waals surface area contributed by atoms with Gasteiger partial charge in [-0.1, -0.05) is 51.1 Å². The summed E-state index contributed by atoms with van der Waals surface area (Å²) in [6.07, 6.45) is 5.38. The van der Waals surface area contributed by atoms with E-state index in [1.165, 1.54) is 31.2 Å². The Bertz CT molecular complexity index is 444. The molecule has 3 heteroatoms. The Balaban J connectivity index is 1.74. The van der Waals surface area contributed by atoms with E-state index in [1.54, 1.807) is 0 Å². The van der Waals surface area contributed by atoms with Gasteiger partial charge in [0.25, 0.3) is 0 Å². The van der Waals surface area contributed by atoms with Crippen molar-refractivity contribution in [3.05, 3.63) is 35.9 Å². The summed E-state index contributed by atoms with van der Waals surface area (Å²) in [6, 6.07) is 11.3. The Morgan fingerprint density at radius 2 is 1.64 bits per heavy atom. The minimum atomic E-state index is -1.61. The molecule has 1 aromatic carbocycles. The predicted molar refractivity (Wildman–Crippen MR) is 97.6 cm³/mol. The topological polar surface area (TPSA) is 21.3 Å². The molecule has 0 atom stereocenters. The Morgan fingerprint density at radius 1 is 1.05 bits per heavy atom. The molecule has 2 nitrogen and oxygen atoms in total. The fourth-order valence-corrected chi connectivity index (χ4v) is 4.26. The highest BCUT2D eigenvalue weighted by Crippen LogP contribution is 2.39. The Morgan fingerprint density at radius 3 is 2.18 bits per heavy atom. The largest absolute Gasteiger partial charge is 0.414 e. The smallest absolute Gasteiger partial charge is 0.192 e. The molecule has 1 aromatic rings. The standard InChI is InChI=1S/C19H33NOSi/c1-19(2,3)22(4,5)21-18-13-11-17(12-14-18)20-15-16-9-7-6-8-10-16/h6-10,17-18,20H,11-15H2,1-5H3. The third kappa shape index (κ3) is 4.93. The lowest BCUT2D eigenvalue weighted by atomic mass is 9.93. The van der Waals surface area contributed by atoms with Crippen molar-refractivity contribution in [2.45, 2.75) is 83.3 Å². The van der Waals surface area contributed by atoms with Gasteiger partial charge >= 0.3 is 0 Å². The van der Waals surface area contributed by atoms with Crippen LogP contribution >= 0.6 is 0 Å². The SMILES string of the molecule is CC(C)(C)[Si](C)(C)OC1CCC(NCc2ccccc2)CC1. The first kappa shape index (κ1) is 17.7. The van der Waals surface area contributed by atoms with Crippen LogP contribution < -0.4 is 5.32 Å². The second-order valence-corrected chi connectivity index (χ2v) is 13.0. The van der Waals surface area contributed by atoms with Crippen LogP contribution in [-0.4, -0.2) is 20.5 Å². The number of hydrogen-bond acceptors (Lipinski definition) is 2. The van der Waals surface area contributed by atoms with Crippen LogP contribution in [0.25, 0.3) is 0 Å². The molecule has 0 aromatic heterocycles. The molecule has 1 saturated carbocycles. The zero-order chi connectivity index (χ0) is 16.2. The van der Waals surface area contributed by atoms with E-state index in [0.717, 1.165) is 6.54 Å². The highest BCUT2D eigenvalue weighted by atomic mass is 28.4. The third-order valence-corrected chi connectivity index (χ3v) is 9.91. The summed E-state index contributed by atoms with van der Waals surface area (Å²) < 4.78 is 6.57. The lowest BCUT2D eigenvalue weighted by Crippen LogP contribution is -2.46. The highest BCUT2D eigenvalue weighted by molar-refractivity contribution is 6.74. The first-order chi connectivity index (χ1) is 10.3. The number of benzene rings is 1. The van der Waals surface area contributed by atoms with Gasteiger partial charge in [0.1, 0.15) is 0 Å². The molecule has 0 aliphatic heterocycles. The fraction of sp³-hybridized carbons (Fsp3) is 0.684. The first-order valence-electron chi connectivity index (χ1n) is 8.73. The van der Waals surface area contributed by atoms with Gasteiger partial charge in [0.2, 0.25) is 0 Å². The zero-order valence-corrected chi connectivity index (χ0v) is 16.0. The van der Waals surface area contributed by atoms with E-state index in [-0.39, 0.29) is 0 Å². The molecule has 0 unspecified atom stereocenters. The Hall–Kier alpha value is -0.643. The molecule has 22 heavy (non-hydrogen) atoms. The van der Waals surface area contributed by atoms with Crippen LogP contribution in [-0.2, 0) is 11.0 Å². The maximum Gasteiger partial charge on any atom is 0.192 e. The van der Waals surface area contributed by atoms with E-state index in [9.17, 15) is 0 Å². The van der Waals surface area contributed by atoms with Gasteiger partial charge in [-0.15, -0.1) is 0 Å². The van der Waals surface area contributed by atoms with Crippen LogP contribution in [0.1, 0.15) is 52.0 Å². The number of hydrogen-bond donors (Lipinski definition) is 1. The summed E-state index contributed by atoms with van der Waals surface area (Å²) in [4.78, 5) is 0. The van der Waals surface area contributed by atoms with Crippen LogP contribution in [0.15, 0.2) is 30.3 Å². The predicted octanol–water partition coefficient (Wildman–Crippen LogP) is 5.11. The van der Waals surface area contributed by atoms with Gasteiger partial charge in [-0.3, -0.25) is 0 Å². The van der Waals surface area contributed by atoms with E-state index >= 15 is 0 Å². The molecule has 0 radical (unpaired) electrons. The molecule has 124 valence electrons. The molecule has 1 N–H and O–H groups in total. The zero-order valence-electron chi connectivity index (χ0n) is 15.0. The molecule has 0 heterocycles. The molecule has 1 fully saturated rings. The van der Waals surface area contributed by atoms with E-state index in [1.807, 2.05) is 0 Å². The van der Waals surface area contributed by atoms with Crippen molar-refractivity contribution in [3.63, 3.8) is 0 Å². The Kier molecular flexibility index (Phi) is 5.86. The van der Waals surface area contributed by atoms with Crippen molar-refractivity contribution in [3.8, 4) is 0 Å². The van der Waals surface area contributed by atoms with E-state index in [0.29, 0.717) is 17.2 Å². The summed E-state index contributed by atoms with van der Waals surface area (Å²) in [5, 5.41) is 4.02. The number of rotatable bonds is 5. The van der Waals surface area contributed by atoms with Crippen LogP contribution in [0, 0.1) is 0 Å². The third-order valence-electron chi connectivity index (χ3n) is 5.38.